The molecule has 2 aliphatic rings. The van der Waals surface area contributed by atoms with E-state index in [0.717, 1.165) is 62.1 Å². The monoisotopic (exact) mass is 697 g/mol. The Morgan fingerprint density at radius 2 is 1.43 bits per heavy atom. The minimum absolute atomic E-state index is 0.0280. The molecule has 0 N–H and O–H groups in total. The quantitative estimate of drug-likeness (QED) is 0.174. The molecule has 53 heavy (non-hydrogen) atoms. The number of fused-ring (bicyclic) bond motifs is 2. The van der Waals surface area contributed by atoms with Gasteiger partial charge >= 0.3 is 0 Å². The number of rotatable bonds is 6. The van der Waals surface area contributed by atoms with E-state index in [0.29, 0.717) is 5.90 Å². The summed E-state index contributed by atoms with van der Waals surface area (Å²) in [6.45, 7) is 17.8. The van der Waals surface area contributed by atoms with Crippen LogP contribution in [-0.2, 0) is 15.6 Å². The van der Waals surface area contributed by atoms with Crippen molar-refractivity contribution in [3.8, 4) is 11.5 Å². The largest absolute Gasteiger partial charge is 0.467 e. The first kappa shape index (κ1) is 34.4. The SMILES string of the molecule is Cc1cc(Oc2cc(C3=N[C@H](c4ccccc4)[C@@H](c4ccccc4)O3)c(C)cc2C)cc(N2c3ccc(C(C)(C)C)cc3C(C)(C)c3cccnc32)c1. The summed E-state index contributed by atoms with van der Waals surface area (Å²) >= 11 is 0. The van der Waals surface area contributed by atoms with Gasteiger partial charge in [-0.2, -0.15) is 0 Å². The molecule has 2 atom stereocenters. The molecule has 0 unspecified atom stereocenters. The van der Waals surface area contributed by atoms with E-state index in [1.165, 1.54) is 16.7 Å². The van der Waals surface area contributed by atoms with Gasteiger partial charge in [0.2, 0.25) is 5.90 Å². The van der Waals surface area contributed by atoms with Crippen LogP contribution in [0.1, 0.15) is 96.8 Å². The number of ether oxygens (including phenoxy) is 2. The van der Waals surface area contributed by atoms with E-state index in [9.17, 15) is 0 Å². The second-order valence-corrected chi connectivity index (χ2v) is 16.1. The highest BCUT2D eigenvalue weighted by atomic mass is 16.5. The lowest BCUT2D eigenvalue weighted by Crippen LogP contribution is -2.32. The van der Waals surface area contributed by atoms with Crippen molar-refractivity contribution in [3.05, 3.63) is 178 Å². The molecular formula is C48H47N3O2. The molecule has 0 bridgehead atoms. The number of aromatic nitrogens is 1. The van der Waals surface area contributed by atoms with Gasteiger partial charge in [0.15, 0.2) is 6.10 Å². The molecule has 3 heterocycles. The van der Waals surface area contributed by atoms with Crippen LogP contribution in [0.25, 0.3) is 0 Å². The predicted molar refractivity (Wildman–Crippen MR) is 216 cm³/mol. The van der Waals surface area contributed by atoms with Crippen LogP contribution in [0.5, 0.6) is 11.5 Å². The lowest BCUT2D eigenvalue weighted by Gasteiger charge is -2.41. The standard InChI is InChI=1S/C48H47N3O2/c1-30-24-36(51-41-22-21-35(47(4,5)6)27-40(41)48(7,8)39-20-15-23-49-45(39)51)28-37(25-30)52-42-29-38(31(2)26-32(42)3)46-50-43(33-16-11-9-12-17-33)44(53-46)34-18-13-10-14-19-34/h9-29,43-44H,1-8H3/t43-,44-/m1/s1. The number of nitrogens with zero attached hydrogens (tertiary/aromatic N) is 3. The highest BCUT2D eigenvalue weighted by molar-refractivity contribution is 5.97. The Morgan fingerprint density at radius 1 is 0.717 bits per heavy atom. The molecule has 5 heteroatoms. The van der Waals surface area contributed by atoms with Crippen LogP contribution in [0.2, 0.25) is 0 Å². The summed E-state index contributed by atoms with van der Waals surface area (Å²) in [7, 11) is 0. The number of aliphatic imine (C=N–C) groups is 1. The molecule has 0 spiro atoms. The van der Waals surface area contributed by atoms with Gasteiger partial charge < -0.3 is 9.47 Å². The maximum absolute atomic E-state index is 6.82. The van der Waals surface area contributed by atoms with Crippen LogP contribution in [0, 0.1) is 20.8 Å². The molecule has 0 radical (unpaired) electrons. The van der Waals surface area contributed by atoms with E-state index in [1.54, 1.807) is 0 Å². The van der Waals surface area contributed by atoms with Gasteiger partial charge in [-0.15, -0.1) is 0 Å². The van der Waals surface area contributed by atoms with Gasteiger partial charge in [0, 0.05) is 28.8 Å². The van der Waals surface area contributed by atoms with Crippen molar-refractivity contribution in [2.24, 2.45) is 4.99 Å². The summed E-state index contributed by atoms with van der Waals surface area (Å²) in [6.07, 6.45) is 1.66. The van der Waals surface area contributed by atoms with Gasteiger partial charge in [-0.25, -0.2) is 9.98 Å². The summed E-state index contributed by atoms with van der Waals surface area (Å²) in [5, 5.41) is 0. The van der Waals surface area contributed by atoms with E-state index in [2.05, 4.69) is 163 Å². The number of hydrogen-bond acceptors (Lipinski definition) is 5. The fourth-order valence-corrected chi connectivity index (χ4v) is 7.83. The molecule has 2 aliphatic heterocycles. The van der Waals surface area contributed by atoms with Crippen LogP contribution in [0.4, 0.5) is 17.2 Å². The maximum Gasteiger partial charge on any atom is 0.217 e. The first-order chi connectivity index (χ1) is 25.4. The van der Waals surface area contributed by atoms with Crippen molar-refractivity contribution in [1.29, 1.82) is 0 Å². The second kappa shape index (κ2) is 13.1. The molecule has 5 nitrogen and oxygen atoms in total. The Hall–Kier alpha value is -5.68. The van der Waals surface area contributed by atoms with Crippen molar-refractivity contribution in [1.82, 2.24) is 4.98 Å². The zero-order chi connectivity index (χ0) is 37.1. The first-order valence-corrected chi connectivity index (χ1v) is 18.5. The topological polar surface area (TPSA) is 47.0 Å². The van der Waals surface area contributed by atoms with Crippen LogP contribution in [0.15, 0.2) is 133 Å². The highest BCUT2D eigenvalue weighted by Gasteiger charge is 2.39. The van der Waals surface area contributed by atoms with Crippen LogP contribution >= 0.6 is 0 Å². The van der Waals surface area contributed by atoms with Crippen molar-refractivity contribution >= 4 is 23.1 Å². The van der Waals surface area contributed by atoms with Gasteiger partial charge in [0.1, 0.15) is 23.4 Å². The molecule has 6 aromatic rings. The van der Waals surface area contributed by atoms with Crippen molar-refractivity contribution in [3.63, 3.8) is 0 Å². The van der Waals surface area contributed by atoms with Crippen LogP contribution in [-0.4, -0.2) is 10.9 Å². The lowest BCUT2D eigenvalue weighted by molar-refractivity contribution is 0.197. The summed E-state index contributed by atoms with van der Waals surface area (Å²) in [5.74, 6) is 3.09. The van der Waals surface area contributed by atoms with Gasteiger partial charge in [-0.3, -0.25) is 4.90 Å². The second-order valence-electron chi connectivity index (χ2n) is 16.1. The van der Waals surface area contributed by atoms with Gasteiger partial charge in [-0.1, -0.05) is 120 Å². The van der Waals surface area contributed by atoms with Crippen molar-refractivity contribution in [2.45, 2.75) is 78.4 Å². The molecule has 0 aliphatic carbocycles. The van der Waals surface area contributed by atoms with Gasteiger partial charge in [0.05, 0.1) is 11.4 Å². The zero-order valence-corrected chi connectivity index (χ0v) is 31.9. The summed E-state index contributed by atoms with van der Waals surface area (Å²) in [6, 6.07) is 42.5. The van der Waals surface area contributed by atoms with Gasteiger partial charge in [-0.05, 0) is 95.5 Å². The summed E-state index contributed by atoms with van der Waals surface area (Å²) in [5.41, 5.74) is 12.1. The molecular weight excluding hydrogens is 651 g/mol. The minimum Gasteiger partial charge on any atom is -0.467 e. The molecule has 1 aromatic heterocycles. The highest BCUT2D eigenvalue weighted by Crippen LogP contribution is 2.52. The molecule has 0 saturated carbocycles. The van der Waals surface area contributed by atoms with E-state index in [4.69, 9.17) is 19.5 Å². The van der Waals surface area contributed by atoms with Crippen molar-refractivity contribution < 1.29 is 9.47 Å². The molecule has 0 saturated heterocycles. The summed E-state index contributed by atoms with van der Waals surface area (Å²) in [4.78, 5) is 12.5. The fourth-order valence-electron chi connectivity index (χ4n) is 7.83. The van der Waals surface area contributed by atoms with E-state index in [-0.39, 0.29) is 23.0 Å². The number of pyridine rings is 1. The molecule has 8 rings (SSSR count). The Kier molecular flexibility index (Phi) is 8.48. The normalized spacial score (nSPS) is 17.4. The smallest absolute Gasteiger partial charge is 0.217 e. The minimum atomic E-state index is -0.230. The van der Waals surface area contributed by atoms with Crippen LogP contribution < -0.4 is 9.64 Å². The molecule has 5 aromatic carbocycles. The average Bonchev–Trinajstić information content (AvgIpc) is 3.58. The summed E-state index contributed by atoms with van der Waals surface area (Å²) < 4.78 is 13.6. The Labute approximate surface area is 314 Å². The molecule has 266 valence electrons. The number of hydrogen-bond donors (Lipinski definition) is 0. The first-order valence-electron chi connectivity index (χ1n) is 18.5. The van der Waals surface area contributed by atoms with E-state index in [1.807, 2.05) is 24.4 Å². The Morgan fingerprint density at radius 3 is 2.15 bits per heavy atom. The lowest BCUT2D eigenvalue weighted by atomic mass is 9.72. The van der Waals surface area contributed by atoms with Crippen LogP contribution in [0.3, 0.4) is 0 Å². The third-order valence-corrected chi connectivity index (χ3v) is 10.8. The van der Waals surface area contributed by atoms with Crippen molar-refractivity contribution in [2.75, 3.05) is 4.90 Å². The molecule has 0 fully saturated rings. The van der Waals surface area contributed by atoms with Gasteiger partial charge in [0.25, 0.3) is 0 Å². The van der Waals surface area contributed by atoms with E-state index >= 15 is 0 Å². The van der Waals surface area contributed by atoms with E-state index < -0.39 is 0 Å². The number of anilines is 3. The third kappa shape index (κ3) is 6.28. The maximum atomic E-state index is 6.82. The Bertz CT molecular complexity index is 2360. The number of aryl methyl sites for hydroxylation is 3. The Balaban J connectivity index is 1.18. The zero-order valence-electron chi connectivity index (χ0n) is 31.9. The number of benzene rings is 5. The molecule has 0 amide bonds. The third-order valence-electron chi connectivity index (χ3n) is 10.8. The fraction of sp³-hybridized carbons (Fsp3) is 0.250. The average molecular weight is 698 g/mol. The predicted octanol–water partition coefficient (Wildman–Crippen LogP) is 12.5.